The molecule has 26 heavy (non-hydrogen) atoms. The van der Waals surface area contributed by atoms with Gasteiger partial charge < -0.3 is 10.1 Å². The summed E-state index contributed by atoms with van der Waals surface area (Å²) in [4.78, 5) is 0. The van der Waals surface area contributed by atoms with Crippen molar-refractivity contribution in [3.8, 4) is 5.75 Å². The van der Waals surface area contributed by atoms with Gasteiger partial charge >= 0.3 is 0 Å². The normalized spacial score (nSPS) is 16.8. The van der Waals surface area contributed by atoms with E-state index in [1.807, 2.05) is 6.08 Å². The van der Waals surface area contributed by atoms with Gasteiger partial charge in [0.25, 0.3) is 0 Å². The van der Waals surface area contributed by atoms with Crippen molar-refractivity contribution in [2.24, 2.45) is 0 Å². The van der Waals surface area contributed by atoms with Crippen LogP contribution in [0.3, 0.4) is 0 Å². The van der Waals surface area contributed by atoms with Crippen molar-refractivity contribution in [1.82, 2.24) is 0 Å². The molecule has 0 saturated heterocycles. The third-order valence-corrected chi connectivity index (χ3v) is 5.21. The Morgan fingerprint density at radius 2 is 1.96 bits per heavy atom. The molecule has 0 bridgehead atoms. The monoisotopic (exact) mass is 353 g/mol. The van der Waals surface area contributed by atoms with Crippen LogP contribution >= 0.6 is 0 Å². The summed E-state index contributed by atoms with van der Waals surface area (Å²) in [5, 5.41) is 3.61. The molecule has 0 aliphatic heterocycles. The van der Waals surface area contributed by atoms with E-state index >= 15 is 0 Å². The highest BCUT2D eigenvalue weighted by atomic mass is 16.5. The Kier molecular flexibility index (Phi) is 8.03. The Labute approximate surface area is 160 Å². The van der Waals surface area contributed by atoms with E-state index in [1.165, 1.54) is 36.0 Å². The minimum absolute atomic E-state index is 0.344. The van der Waals surface area contributed by atoms with E-state index < -0.39 is 0 Å². The highest BCUT2D eigenvalue weighted by Crippen LogP contribution is 2.32. The van der Waals surface area contributed by atoms with Crippen molar-refractivity contribution >= 4 is 5.69 Å². The molecule has 0 radical (unpaired) electrons. The first-order valence-corrected chi connectivity index (χ1v) is 10.1. The Balaban J connectivity index is 2.26. The maximum absolute atomic E-state index is 6.40. The van der Waals surface area contributed by atoms with E-state index in [0.717, 1.165) is 42.8 Å². The lowest BCUT2D eigenvalue weighted by atomic mass is 9.97. The zero-order valence-corrected chi connectivity index (χ0v) is 17.0. The number of ether oxygens (including phenoxy) is 1. The SMILES string of the molecule is C=C/C=C(Nc1ccc(C)cc1OC1CCCCC1)\C(C)=C(/C)CCC. The molecular weight excluding hydrogens is 318 g/mol. The molecule has 142 valence electrons. The number of anilines is 1. The summed E-state index contributed by atoms with van der Waals surface area (Å²) in [5.41, 5.74) is 6.07. The quantitative estimate of drug-likeness (QED) is 0.494. The maximum Gasteiger partial charge on any atom is 0.143 e. The molecule has 0 unspecified atom stereocenters. The van der Waals surface area contributed by atoms with Gasteiger partial charge in [0.05, 0.1) is 11.8 Å². The summed E-state index contributed by atoms with van der Waals surface area (Å²) in [7, 11) is 0. The molecular formula is C24H35NO. The van der Waals surface area contributed by atoms with Crippen LogP contribution in [0.2, 0.25) is 0 Å². The molecule has 0 aromatic heterocycles. The van der Waals surface area contributed by atoms with Crippen LogP contribution in [-0.2, 0) is 0 Å². The molecule has 2 rings (SSSR count). The summed E-state index contributed by atoms with van der Waals surface area (Å²) < 4.78 is 6.40. The maximum atomic E-state index is 6.40. The molecule has 2 heteroatoms. The second-order valence-electron chi connectivity index (χ2n) is 7.47. The van der Waals surface area contributed by atoms with Gasteiger partial charge in [0, 0.05) is 5.70 Å². The molecule has 1 saturated carbocycles. The van der Waals surface area contributed by atoms with Crippen molar-refractivity contribution in [1.29, 1.82) is 0 Å². The van der Waals surface area contributed by atoms with Gasteiger partial charge in [-0.2, -0.15) is 0 Å². The first kappa shape index (κ1) is 20.4. The van der Waals surface area contributed by atoms with Gasteiger partial charge in [-0.05, 0) is 82.2 Å². The second kappa shape index (κ2) is 10.3. The lowest BCUT2D eigenvalue weighted by Gasteiger charge is -2.25. The predicted molar refractivity (Wildman–Crippen MR) is 114 cm³/mol. The van der Waals surface area contributed by atoms with Gasteiger partial charge in [0.1, 0.15) is 5.75 Å². The van der Waals surface area contributed by atoms with Gasteiger partial charge in [-0.15, -0.1) is 0 Å². The van der Waals surface area contributed by atoms with Gasteiger partial charge in [0.2, 0.25) is 0 Å². The molecule has 2 nitrogen and oxygen atoms in total. The second-order valence-corrected chi connectivity index (χ2v) is 7.47. The summed E-state index contributed by atoms with van der Waals surface area (Å²) in [6.45, 7) is 12.6. The van der Waals surface area contributed by atoms with Crippen molar-refractivity contribution < 1.29 is 4.74 Å². The number of hydrogen-bond donors (Lipinski definition) is 1. The summed E-state index contributed by atoms with van der Waals surface area (Å²) in [6.07, 6.45) is 12.7. The van der Waals surface area contributed by atoms with Gasteiger partial charge in [-0.3, -0.25) is 0 Å². The van der Waals surface area contributed by atoms with Crippen LogP contribution in [0.15, 0.2) is 53.8 Å². The fourth-order valence-electron chi connectivity index (χ4n) is 3.51. The lowest BCUT2D eigenvalue weighted by Crippen LogP contribution is -2.20. The Morgan fingerprint density at radius 1 is 1.23 bits per heavy atom. The Morgan fingerprint density at radius 3 is 2.62 bits per heavy atom. The number of hydrogen-bond acceptors (Lipinski definition) is 2. The third kappa shape index (κ3) is 5.79. The van der Waals surface area contributed by atoms with Crippen molar-refractivity contribution in [3.63, 3.8) is 0 Å². The van der Waals surface area contributed by atoms with E-state index in [-0.39, 0.29) is 0 Å². The van der Waals surface area contributed by atoms with Crippen molar-refractivity contribution in [2.45, 2.75) is 78.7 Å². The zero-order chi connectivity index (χ0) is 18.9. The number of aryl methyl sites for hydroxylation is 1. The molecule has 0 spiro atoms. The highest BCUT2D eigenvalue weighted by Gasteiger charge is 2.17. The minimum atomic E-state index is 0.344. The van der Waals surface area contributed by atoms with E-state index in [4.69, 9.17) is 4.74 Å². The highest BCUT2D eigenvalue weighted by molar-refractivity contribution is 5.63. The molecule has 1 fully saturated rings. The van der Waals surface area contributed by atoms with Gasteiger partial charge in [-0.25, -0.2) is 0 Å². The smallest absolute Gasteiger partial charge is 0.143 e. The standard InChI is InChI=1S/C24H35NO/c1-6-11-19(4)20(5)22(12-7-2)25-23-16-15-18(3)17-24(23)26-21-13-9-8-10-14-21/h7,12,15-17,21,25H,2,6,8-11,13-14H2,1,3-5H3/b20-19+,22-12+. The van der Waals surface area contributed by atoms with Crippen LogP contribution in [0.25, 0.3) is 0 Å². The number of benzene rings is 1. The minimum Gasteiger partial charge on any atom is -0.488 e. The van der Waals surface area contributed by atoms with E-state index in [9.17, 15) is 0 Å². The summed E-state index contributed by atoms with van der Waals surface area (Å²) in [6, 6.07) is 6.42. The van der Waals surface area contributed by atoms with Crippen LogP contribution in [0.1, 0.15) is 71.3 Å². The number of allylic oxidation sites excluding steroid dienone is 4. The molecule has 1 aromatic rings. The Bertz CT molecular complexity index is 663. The van der Waals surface area contributed by atoms with Crippen LogP contribution in [0.4, 0.5) is 5.69 Å². The molecule has 0 amide bonds. The average molecular weight is 354 g/mol. The van der Waals surface area contributed by atoms with Gasteiger partial charge in [-0.1, -0.05) is 44.1 Å². The first-order valence-electron chi connectivity index (χ1n) is 10.1. The Hall–Kier alpha value is -1.96. The van der Waals surface area contributed by atoms with Crippen molar-refractivity contribution in [3.05, 3.63) is 59.3 Å². The summed E-state index contributed by atoms with van der Waals surface area (Å²) >= 11 is 0. The van der Waals surface area contributed by atoms with Crippen molar-refractivity contribution in [2.75, 3.05) is 5.32 Å². The molecule has 1 aromatic carbocycles. The van der Waals surface area contributed by atoms with Crippen LogP contribution in [-0.4, -0.2) is 6.10 Å². The predicted octanol–water partition coefficient (Wildman–Crippen LogP) is 7.32. The topological polar surface area (TPSA) is 21.3 Å². The largest absolute Gasteiger partial charge is 0.488 e. The lowest BCUT2D eigenvalue weighted by molar-refractivity contribution is 0.156. The molecule has 1 aliphatic rings. The fraction of sp³-hybridized carbons (Fsp3) is 0.500. The first-order chi connectivity index (χ1) is 12.5. The molecule has 1 N–H and O–H groups in total. The third-order valence-electron chi connectivity index (χ3n) is 5.21. The molecule has 0 heterocycles. The average Bonchev–Trinajstić information content (AvgIpc) is 2.63. The molecule has 0 atom stereocenters. The zero-order valence-electron chi connectivity index (χ0n) is 17.0. The van der Waals surface area contributed by atoms with Crippen LogP contribution in [0.5, 0.6) is 5.75 Å². The number of nitrogens with one attached hydrogen (secondary N) is 1. The van der Waals surface area contributed by atoms with E-state index in [2.05, 4.69) is 63.9 Å². The van der Waals surface area contributed by atoms with Gasteiger partial charge in [0.15, 0.2) is 0 Å². The van der Waals surface area contributed by atoms with Crippen LogP contribution in [0, 0.1) is 6.92 Å². The number of rotatable bonds is 8. The summed E-state index contributed by atoms with van der Waals surface area (Å²) in [5.74, 6) is 0.966. The van der Waals surface area contributed by atoms with Crippen LogP contribution < -0.4 is 10.1 Å². The van der Waals surface area contributed by atoms with E-state index in [0.29, 0.717) is 6.10 Å². The fourth-order valence-corrected chi connectivity index (χ4v) is 3.51. The van der Waals surface area contributed by atoms with E-state index in [1.54, 1.807) is 0 Å². The molecule has 1 aliphatic carbocycles.